The molecule has 12 heavy (non-hydrogen) atoms. The van der Waals surface area contributed by atoms with Crippen molar-refractivity contribution in [3.63, 3.8) is 0 Å². The van der Waals surface area contributed by atoms with Gasteiger partial charge < -0.3 is 5.73 Å². The SMILES string of the molecule is CCCCCCCCCCN.[Ti]. The first-order valence-electron chi connectivity index (χ1n) is 5.12. The van der Waals surface area contributed by atoms with E-state index in [-0.39, 0.29) is 21.7 Å². The molecule has 0 unspecified atom stereocenters. The number of rotatable bonds is 8. The number of hydrogen-bond acceptors (Lipinski definition) is 1. The van der Waals surface area contributed by atoms with Gasteiger partial charge in [0.25, 0.3) is 0 Å². The summed E-state index contributed by atoms with van der Waals surface area (Å²) in [4.78, 5) is 0. The molecule has 0 aromatic heterocycles. The van der Waals surface area contributed by atoms with E-state index in [1.165, 1.54) is 51.4 Å². The zero-order valence-corrected chi connectivity index (χ0v) is 10.0. The van der Waals surface area contributed by atoms with Crippen molar-refractivity contribution in [2.45, 2.75) is 58.3 Å². The van der Waals surface area contributed by atoms with E-state index in [1.807, 2.05) is 0 Å². The largest absolute Gasteiger partial charge is 0.330 e. The van der Waals surface area contributed by atoms with E-state index in [1.54, 1.807) is 0 Å². The van der Waals surface area contributed by atoms with E-state index >= 15 is 0 Å². The molecule has 0 radical (unpaired) electrons. The zero-order valence-electron chi connectivity index (χ0n) is 8.44. The number of unbranched alkanes of at least 4 members (excludes halogenated alkanes) is 7. The second-order valence-corrected chi connectivity index (χ2v) is 3.26. The average Bonchev–Trinajstić information content (AvgIpc) is 2.03. The summed E-state index contributed by atoms with van der Waals surface area (Å²) in [6.45, 7) is 3.13. The first kappa shape index (κ1) is 15.2. The van der Waals surface area contributed by atoms with E-state index in [4.69, 9.17) is 5.73 Å². The van der Waals surface area contributed by atoms with Gasteiger partial charge in [-0.3, -0.25) is 0 Å². The molecular weight excluding hydrogens is 182 g/mol. The monoisotopic (exact) mass is 205 g/mol. The third-order valence-electron chi connectivity index (χ3n) is 2.06. The summed E-state index contributed by atoms with van der Waals surface area (Å²) >= 11 is 0. The van der Waals surface area contributed by atoms with Crippen molar-refractivity contribution in [1.29, 1.82) is 0 Å². The van der Waals surface area contributed by atoms with Crippen LogP contribution in [0.25, 0.3) is 0 Å². The Morgan fingerprint density at radius 2 is 1.17 bits per heavy atom. The van der Waals surface area contributed by atoms with Crippen LogP contribution in [0, 0.1) is 0 Å². The Morgan fingerprint density at radius 3 is 1.58 bits per heavy atom. The Hall–Kier alpha value is 0.674. The Balaban J connectivity index is 0. The van der Waals surface area contributed by atoms with Crippen molar-refractivity contribution >= 4 is 0 Å². The second kappa shape index (κ2) is 14.2. The van der Waals surface area contributed by atoms with Crippen LogP contribution in [-0.2, 0) is 21.7 Å². The number of nitrogens with two attached hydrogens (primary N) is 1. The topological polar surface area (TPSA) is 26.0 Å². The van der Waals surface area contributed by atoms with Crippen LogP contribution in [-0.4, -0.2) is 6.54 Å². The van der Waals surface area contributed by atoms with Gasteiger partial charge in [-0.25, -0.2) is 0 Å². The summed E-state index contributed by atoms with van der Waals surface area (Å²) in [7, 11) is 0. The van der Waals surface area contributed by atoms with Gasteiger partial charge in [0, 0.05) is 21.7 Å². The van der Waals surface area contributed by atoms with Crippen LogP contribution >= 0.6 is 0 Å². The van der Waals surface area contributed by atoms with Gasteiger partial charge in [0.05, 0.1) is 0 Å². The summed E-state index contributed by atoms with van der Waals surface area (Å²) in [5.74, 6) is 0. The van der Waals surface area contributed by atoms with Gasteiger partial charge in [0.1, 0.15) is 0 Å². The molecule has 0 aromatic rings. The normalized spacial score (nSPS) is 9.50. The Bertz CT molecular complexity index is 58.9. The molecule has 0 aromatic carbocycles. The molecule has 0 saturated heterocycles. The van der Waals surface area contributed by atoms with E-state index in [0.717, 1.165) is 6.54 Å². The third kappa shape index (κ3) is 13.3. The fraction of sp³-hybridized carbons (Fsp3) is 1.00. The third-order valence-corrected chi connectivity index (χ3v) is 2.06. The average molecular weight is 205 g/mol. The summed E-state index contributed by atoms with van der Waals surface area (Å²) in [6.07, 6.45) is 11.0. The standard InChI is InChI=1S/C10H23N.Ti/c1-2-3-4-5-6-7-8-9-10-11;/h2-11H2,1H3;. The van der Waals surface area contributed by atoms with Crippen molar-refractivity contribution in [3.8, 4) is 0 Å². The van der Waals surface area contributed by atoms with E-state index in [2.05, 4.69) is 6.92 Å². The van der Waals surface area contributed by atoms with Crippen LogP contribution in [0.2, 0.25) is 0 Å². The molecule has 72 valence electrons. The van der Waals surface area contributed by atoms with Gasteiger partial charge in [-0.1, -0.05) is 51.9 Å². The molecule has 1 nitrogen and oxygen atoms in total. The Labute approximate surface area is 92.4 Å². The summed E-state index contributed by atoms with van der Waals surface area (Å²) in [5, 5.41) is 0. The molecule has 0 bridgehead atoms. The zero-order chi connectivity index (χ0) is 8.36. The smallest absolute Gasteiger partial charge is 0 e. The predicted octanol–water partition coefficient (Wildman–Crippen LogP) is 3.08. The molecule has 2 heteroatoms. The molecule has 0 rings (SSSR count). The van der Waals surface area contributed by atoms with Crippen molar-refractivity contribution in [2.24, 2.45) is 5.73 Å². The molecule has 0 aliphatic rings. The minimum absolute atomic E-state index is 0. The predicted molar refractivity (Wildman–Crippen MR) is 51.7 cm³/mol. The van der Waals surface area contributed by atoms with Crippen LogP contribution in [0.4, 0.5) is 0 Å². The first-order chi connectivity index (χ1) is 5.41. The summed E-state index contributed by atoms with van der Waals surface area (Å²) < 4.78 is 0. The van der Waals surface area contributed by atoms with Crippen LogP contribution in [0.3, 0.4) is 0 Å². The van der Waals surface area contributed by atoms with E-state index < -0.39 is 0 Å². The van der Waals surface area contributed by atoms with Crippen molar-refractivity contribution in [3.05, 3.63) is 0 Å². The fourth-order valence-electron chi connectivity index (χ4n) is 1.28. The first-order valence-corrected chi connectivity index (χ1v) is 5.12. The fourth-order valence-corrected chi connectivity index (χ4v) is 1.28. The van der Waals surface area contributed by atoms with Crippen molar-refractivity contribution in [1.82, 2.24) is 0 Å². The maximum atomic E-state index is 5.39. The van der Waals surface area contributed by atoms with Gasteiger partial charge in [-0.2, -0.15) is 0 Å². The van der Waals surface area contributed by atoms with Gasteiger partial charge >= 0.3 is 0 Å². The second-order valence-electron chi connectivity index (χ2n) is 3.26. The molecule has 0 aliphatic carbocycles. The van der Waals surface area contributed by atoms with Crippen LogP contribution < -0.4 is 5.73 Å². The van der Waals surface area contributed by atoms with Crippen LogP contribution in [0.15, 0.2) is 0 Å². The maximum Gasteiger partial charge on any atom is 0 e. The van der Waals surface area contributed by atoms with Crippen molar-refractivity contribution < 1.29 is 21.7 Å². The number of hydrogen-bond donors (Lipinski definition) is 1. The molecule has 2 N–H and O–H groups in total. The quantitative estimate of drug-likeness (QED) is 0.478. The molecule has 0 saturated carbocycles. The van der Waals surface area contributed by atoms with Gasteiger partial charge in [0.2, 0.25) is 0 Å². The van der Waals surface area contributed by atoms with Crippen LogP contribution in [0.5, 0.6) is 0 Å². The molecule has 0 spiro atoms. The maximum absolute atomic E-state index is 5.39. The van der Waals surface area contributed by atoms with Gasteiger partial charge in [-0.05, 0) is 13.0 Å². The van der Waals surface area contributed by atoms with E-state index in [9.17, 15) is 0 Å². The Kier molecular flexibility index (Phi) is 18.0. The minimum Gasteiger partial charge on any atom is -0.330 e. The van der Waals surface area contributed by atoms with Crippen molar-refractivity contribution in [2.75, 3.05) is 6.54 Å². The molecule has 0 aliphatic heterocycles. The minimum atomic E-state index is 0. The molecule has 0 fully saturated rings. The van der Waals surface area contributed by atoms with Gasteiger partial charge in [-0.15, -0.1) is 0 Å². The van der Waals surface area contributed by atoms with Crippen LogP contribution in [0.1, 0.15) is 58.3 Å². The molecular formula is C10H23NTi. The Morgan fingerprint density at radius 1 is 0.750 bits per heavy atom. The van der Waals surface area contributed by atoms with Gasteiger partial charge in [0.15, 0.2) is 0 Å². The summed E-state index contributed by atoms with van der Waals surface area (Å²) in [6, 6.07) is 0. The van der Waals surface area contributed by atoms with E-state index in [0.29, 0.717) is 0 Å². The molecule has 0 amide bonds. The molecule has 0 atom stereocenters. The molecule has 0 heterocycles. The summed E-state index contributed by atoms with van der Waals surface area (Å²) in [5.41, 5.74) is 5.39.